The maximum atomic E-state index is 12.6. The van der Waals surface area contributed by atoms with Gasteiger partial charge in [0.2, 0.25) is 5.91 Å². The van der Waals surface area contributed by atoms with Crippen LogP contribution in [-0.2, 0) is 45.6 Å². The van der Waals surface area contributed by atoms with Crippen LogP contribution < -0.4 is 16.0 Å². The zero-order valence-electron chi connectivity index (χ0n) is 37.3. The molecule has 0 heterocycles. The van der Waals surface area contributed by atoms with Gasteiger partial charge in [-0.3, -0.25) is 19.3 Å². The van der Waals surface area contributed by atoms with Crippen molar-refractivity contribution in [1.29, 1.82) is 0 Å². The second-order valence-corrected chi connectivity index (χ2v) is 21.6. The van der Waals surface area contributed by atoms with Gasteiger partial charge in [-0.2, -0.15) is 0 Å². The fraction of sp³-hybridized carbons (Fsp3) is 0.816. The Bertz CT molecular complexity index is 1130. The summed E-state index contributed by atoms with van der Waals surface area (Å²) in [7, 11) is 4.04. The molecule has 346 valence electrons. The smallest absolute Gasteiger partial charge is 0.465 e. The van der Waals surface area contributed by atoms with E-state index in [9.17, 15) is 24.0 Å². The zero-order valence-corrected chi connectivity index (χ0v) is 40.9. The number of thioether (sulfide) groups is 2. The van der Waals surface area contributed by atoms with E-state index in [2.05, 4.69) is 22.5 Å². The lowest BCUT2D eigenvalue weighted by Crippen LogP contribution is -2.43. The van der Waals surface area contributed by atoms with E-state index in [0.29, 0.717) is 69.0 Å². The SMILES string of the molecule is C=CC.CCC(SCCOC(=O)NCCCCCCNC(=O)N(CCCCCCNC(=O)SCCC[Si](OC)(OC)OC)C(C)=O)C(=O)OCCC[Si](OC)(OC)OC. The van der Waals surface area contributed by atoms with Crippen LogP contribution in [0.1, 0.15) is 91.4 Å². The van der Waals surface area contributed by atoms with Crippen molar-refractivity contribution in [2.45, 2.75) is 109 Å². The van der Waals surface area contributed by atoms with E-state index in [1.807, 2.05) is 13.8 Å². The topological polar surface area (TPSA) is 199 Å². The van der Waals surface area contributed by atoms with Crippen molar-refractivity contribution in [1.82, 2.24) is 20.9 Å². The molecular formula is C38H76N4O13S2Si2. The molecule has 21 heteroatoms. The molecule has 0 saturated carbocycles. The van der Waals surface area contributed by atoms with Crippen LogP contribution in [0.2, 0.25) is 12.1 Å². The number of imide groups is 1. The Morgan fingerprint density at radius 1 is 0.661 bits per heavy atom. The first-order valence-corrected chi connectivity index (χ1v) is 26.3. The van der Waals surface area contributed by atoms with Crippen molar-refractivity contribution >= 4 is 70.4 Å². The van der Waals surface area contributed by atoms with E-state index in [0.717, 1.165) is 51.4 Å². The van der Waals surface area contributed by atoms with Crippen LogP contribution in [0.3, 0.4) is 0 Å². The molecule has 1 unspecified atom stereocenters. The number of nitrogens with one attached hydrogen (secondary N) is 3. The van der Waals surface area contributed by atoms with Crippen LogP contribution in [0, 0.1) is 0 Å². The standard InChI is InChI=1S/C35H70N4O13S2Si2.C3H6/c1-9-31(32(41)51-24-18-28-55(45-3,46-4)47-5)53-27-25-52-34(43)37-21-15-11-10-14-20-36-33(42)39(30(2)40)23-17-13-12-16-22-38-35(44)54-26-19-29-56(48-6,49-7)50-8;1-3-2/h31H,9-29H2,1-8H3,(H,36,42)(H,37,43)(H,38,44);3H,1H2,2H3. The minimum Gasteiger partial charge on any atom is -0.465 e. The van der Waals surface area contributed by atoms with E-state index >= 15 is 0 Å². The van der Waals surface area contributed by atoms with Crippen molar-refractivity contribution < 1.29 is 60.0 Å². The molecule has 3 N–H and O–H groups in total. The summed E-state index contributed by atoms with van der Waals surface area (Å²) in [6, 6.07) is 0.786. The summed E-state index contributed by atoms with van der Waals surface area (Å²) in [5.74, 6) is 0.509. The highest BCUT2D eigenvalue weighted by Crippen LogP contribution is 2.19. The summed E-state index contributed by atoms with van der Waals surface area (Å²) in [4.78, 5) is 62.5. The molecule has 59 heavy (non-hydrogen) atoms. The number of amides is 5. The first-order valence-electron chi connectivity index (χ1n) is 20.4. The summed E-state index contributed by atoms with van der Waals surface area (Å²) in [6.45, 7) is 10.8. The van der Waals surface area contributed by atoms with Crippen molar-refractivity contribution in [3.63, 3.8) is 0 Å². The molecule has 0 rings (SSSR count). The first kappa shape index (κ1) is 58.9. The number of rotatable bonds is 34. The predicted molar refractivity (Wildman–Crippen MR) is 239 cm³/mol. The molecule has 5 amide bonds. The normalized spacial score (nSPS) is 11.7. The third kappa shape index (κ3) is 29.6. The van der Waals surface area contributed by atoms with Crippen molar-refractivity contribution in [3.8, 4) is 0 Å². The number of hydrogen-bond acceptors (Lipinski definition) is 15. The van der Waals surface area contributed by atoms with E-state index in [1.54, 1.807) is 48.7 Å². The lowest BCUT2D eigenvalue weighted by Gasteiger charge is -2.24. The second kappa shape index (κ2) is 38.7. The minimum atomic E-state index is -2.70. The first-order chi connectivity index (χ1) is 28.3. The summed E-state index contributed by atoms with van der Waals surface area (Å²) in [5, 5.41) is 8.04. The molecule has 1 atom stereocenters. The number of ether oxygens (including phenoxy) is 2. The van der Waals surface area contributed by atoms with Crippen LogP contribution in [0.25, 0.3) is 0 Å². The van der Waals surface area contributed by atoms with Gasteiger partial charge < -0.3 is 52.0 Å². The summed E-state index contributed by atoms with van der Waals surface area (Å²) in [6.07, 6.45) is 9.56. The fourth-order valence-electron chi connectivity index (χ4n) is 5.33. The van der Waals surface area contributed by atoms with Gasteiger partial charge in [-0.25, -0.2) is 9.59 Å². The molecule has 0 bridgehead atoms. The number of urea groups is 1. The molecule has 0 spiro atoms. The molecule has 0 aliphatic rings. The predicted octanol–water partition coefficient (Wildman–Crippen LogP) is 6.62. The third-order valence-electron chi connectivity index (χ3n) is 8.72. The van der Waals surface area contributed by atoms with Gasteiger partial charge in [-0.1, -0.05) is 50.4 Å². The van der Waals surface area contributed by atoms with Gasteiger partial charge in [0, 0.05) is 99.4 Å². The average molecular weight is 917 g/mol. The molecule has 0 aliphatic heterocycles. The highest BCUT2D eigenvalue weighted by Gasteiger charge is 2.38. The average Bonchev–Trinajstić information content (AvgIpc) is 3.23. The monoisotopic (exact) mass is 916 g/mol. The zero-order chi connectivity index (χ0) is 44.8. The molecule has 0 aromatic carbocycles. The van der Waals surface area contributed by atoms with Crippen LogP contribution >= 0.6 is 23.5 Å². The molecule has 0 aromatic heterocycles. The Morgan fingerprint density at radius 3 is 1.66 bits per heavy atom. The third-order valence-corrected chi connectivity index (χ3v) is 16.6. The summed E-state index contributed by atoms with van der Waals surface area (Å²) in [5.41, 5.74) is 0. The van der Waals surface area contributed by atoms with Crippen molar-refractivity contribution in [2.24, 2.45) is 0 Å². The number of alkyl carbamates (subject to hydrolysis) is 1. The molecular weight excluding hydrogens is 841 g/mol. The number of carbonyl (C=O) groups excluding carboxylic acids is 5. The van der Waals surface area contributed by atoms with Crippen LogP contribution in [0.15, 0.2) is 12.7 Å². The van der Waals surface area contributed by atoms with Crippen LogP contribution in [0.4, 0.5) is 14.4 Å². The van der Waals surface area contributed by atoms with E-state index in [4.69, 9.17) is 36.0 Å². The summed E-state index contributed by atoms with van der Waals surface area (Å²) < 4.78 is 42.9. The van der Waals surface area contributed by atoms with Gasteiger partial charge in [-0.05, 0) is 51.9 Å². The molecule has 0 radical (unpaired) electrons. The number of nitrogens with zero attached hydrogens (tertiary/aromatic N) is 1. The number of carbonyl (C=O) groups is 5. The van der Waals surface area contributed by atoms with Crippen molar-refractivity contribution in [3.05, 3.63) is 12.7 Å². The Morgan fingerprint density at radius 2 is 1.15 bits per heavy atom. The molecule has 0 fully saturated rings. The van der Waals surface area contributed by atoms with Crippen LogP contribution in [0.5, 0.6) is 0 Å². The Hall–Kier alpha value is -2.22. The summed E-state index contributed by atoms with van der Waals surface area (Å²) >= 11 is 2.62. The van der Waals surface area contributed by atoms with Gasteiger partial charge in [0.15, 0.2) is 0 Å². The molecule has 0 saturated heterocycles. The maximum absolute atomic E-state index is 12.6. The highest BCUT2D eigenvalue weighted by atomic mass is 32.2. The van der Waals surface area contributed by atoms with E-state index in [-0.39, 0.29) is 35.6 Å². The Kier molecular flexibility index (Phi) is 38.6. The lowest BCUT2D eigenvalue weighted by molar-refractivity contribution is -0.143. The lowest BCUT2D eigenvalue weighted by atomic mass is 10.2. The number of unbranched alkanes of at least 4 members (excludes halogenated alkanes) is 6. The number of esters is 1. The Balaban J connectivity index is 0. The van der Waals surface area contributed by atoms with Gasteiger partial charge in [-0.15, -0.1) is 18.3 Å². The molecule has 0 aliphatic carbocycles. The van der Waals surface area contributed by atoms with E-state index in [1.165, 1.54) is 35.3 Å². The Labute approximate surface area is 364 Å². The van der Waals surface area contributed by atoms with Crippen molar-refractivity contribution in [2.75, 3.05) is 93.6 Å². The molecule has 17 nitrogen and oxygen atoms in total. The maximum Gasteiger partial charge on any atom is 0.500 e. The van der Waals surface area contributed by atoms with Gasteiger partial charge in [0.25, 0.3) is 5.24 Å². The largest absolute Gasteiger partial charge is 0.500 e. The van der Waals surface area contributed by atoms with E-state index < -0.39 is 29.7 Å². The van der Waals surface area contributed by atoms with Gasteiger partial charge in [0.1, 0.15) is 11.9 Å². The van der Waals surface area contributed by atoms with Crippen LogP contribution in [-0.4, -0.2) is 151 Å². The second-order valence-electron chi connectivity index (χ2n) is 13.0. The highest BCUT2D eigenvalue weighted by molar-refractivity contribution is 8.13. The fourth-order valence-corrected chi connectivity index (χ4v) is 10.6. The quantitative estimate of drug-likeness (QED) is 0.0269. The van der Waals surface area contributed by atoms with Gasteiger partial charge in [0.05, 0.1) is 6.61 Å². The van der Waals surface area contributed by atoms with Gasteiger partial charge >= 0.3 is 35.7 Å². The number of hydrogen-bond donors (Lipinski definition) is 3. The molecule has 0 aromatic rings. The minimum absolute atomic E-state index is 0.0680. The number of allylic oxidation sites excluding steroid dienone is 1.